The average molecular weight is 416 g/mol. The summed E-state index contributed by atoms with van der Waals surface area (Å²) in [4.78, 5) is 36.1. The van der Waals surface area contributed by atoms with Crippen LogP contribution in [0.5, 0.6) is 0 Å². The number of alkyl halides is 1. The lowest BCUT2D eigenvalue weighted by Crippen LogP contribution is -2.58. The number of hydrogen-bond acceptors (Lipinski definition) is 5. The van der Waals surface area contributed by atoms with E-state index in [-0.39, 0.29) is 30.0 Å². The van der Waals surface area contributed by atoms with Crippen LogP contribution in [0.3, 0.4) is 0 Å². The zero-order valence-electron chi connectivity index (χ0n) is 17.9. The highest BCUT2D eigenvalue weighted by Crippen LogP contribution is 2.66. The Balaban J connectivity index is 1.74. The number of esters is 1. The van der Waals surface area contributed by atoms with Gasteiger partial charge >= 0.3 is 5.97 Å². The lowest BCUT2D eigenvalue weighted by atomic mass is 9.51. The van der Waals surface area contributed by atoms with Gasteiger partial charge in [-0.1, -0.05) is 31.6 Å². The lowest BCUT2D eigenvalue weighted by molar-refractivity contribution is -0.167. The summed E-state index contributed by atoms with van der Waals surface area (Å²) in [7, 11) is 0. The molecule has 7 atom stereocenters. The third kappa shape index (κ3) is 2.65. The summed E-state index contributed by atoms with van der Waals surface area (Å²) in [5.41, 5.74) is -1.48. The number of ether oxygens (including phenoxy) is 1. The van der Waals surface area contributed by atoms with Crippen LogP contribution in [0.2, 0.25) is 0 Å². The van der Waals surface area contributed by atoms with E-state index in [2.05, 4.69) is 0 Å². The van der Waals surface area contributed by atoms with Gasteiger partial charge in [-0.2, -0.15) is 0 Å². The molecule has 0 spiro atoms. The van der Waals surface area contributed by atoms with E-state index >= 15 is 4.39 Å². The highest BCUT2D eigenvalue weighted by atomic mass is 19.1. The minimum absolute atomic E-state index is 0.0820. The molecular formula is C24H29FO5. The molecule has 0 aromatic rings. The fourth-order valence-corrected chi connectivity index (χ4v) is 6.75. The summed E-state index contributed by atoms with van der Waals surface area (Å²) in [6, 6.07) is 0. The Hall–Kier alpha value is -2.08. The second-order valence-corrected chi connectivity index (χ2v) is 9.84. The Morgan fingerprint density at radius 2 is 1.97 bits per heavy atom. The summed E-state index contributed by atoms with van der Waals surface area (Å²) < 4.78 is 20.2. The quantitative estimate of drug-likeness (QED) is 0.564. The fraction of sp³-hybridized carbons (Fsp3) is 0.625. The normalized spacial score (nSPS) is 44.4. The van der Waals surface area contributed by atoms with Crippen molar-refractivity contribution in [3.05, 3.63) is 35.5 Å². The van der Waals surface area contributed by atoms with Gasteiger partial charge in [-0.25, -0.2) is 4.39 Å². The molecule has 162 valence electrons. The SMILES string of the molecule is CC(=O)OCC(=O)[C@@]1(O)[C@H](C)C[C@@H]2[C@@H]3C[C@H](F)C4=CC(=O)C=C[C@@]4(C)C3=CC[C@@]21C. The predicted octanol–water partition coefficient (Wildman–Crippen LogP) is 3.27. The molecule has 0 heterocycles. The van der Waals surface area contributed by atoms with Crippen molar-refractivity contribution < 1.29 is 28.6 Å². The van der Waals surface area contributed by atoms with E-state index in [0.717, 1.165) is 5.57 Å². The second kappa shape index (κ2) is 6.71. The maximum absolute atomic E-state index is 15.3. The van der Waals surface area contributed by atoms with E-state index in [1.165, 1.54) is 19.1 Å². The smallest absolute Gasteiger partial charge is 0.303 e. The topological polar surface area (TPSA) is 80.7 Å². The van der Waals surface area contributed by atoms with Crippen LogP contribution in [0.1, 0.15) is 47.0 Å². The number of hydrogen-bond donors (Lipinski definition) is 1. The Bertz CT molecular complexity index is 917. The van der Waals surface area contributed by atoms with Crippen LogP contribution in [0.4, 0.5) is 4.39 Å². The van der Waals surface area contributed by atoms with E-state index in [0.29, 0.717) is 18.4 Å². The maximum atomic E-state index is 15.3. The van der Waals surface area contributed by atoms with Gasteiger partial charge in [0.1, 0.15) is 11.8 Å². The number of ketones is 2. The molecule has 2 fully saturated rings. The molecule has 4 aliphatic carbocycles. The number of halogens is 1. The van der Waals surface area contributed by atoms with Crippen LogP contribution < -0.4 is 0 Å². The van der Waals surface area contributed by atoms with Gasteiger partial charge in [0.25, 0.3) is 0 Å². The largest absolute Gasteiger partial charge is 0.458 e. The molecule has 0 amide bonds. The van der Waals surface area contributed by atoms with Crippen LogP contribution in [0.25, 0.3) is 0 Å². The number of carbonyl (C=O) groups excluding carboxylic acids is 3. The van der Waals surface area contributed by atoms with Crippen molar-refractivity contribution in [1.29, 1.82) is 0 Å². The molecule has 2 saturated carbocycles. The summed E-state index contributed by atoms with van der Waals surface area (Å²) in [6.45, 7) is 6.47. The highest BCUT2D eigenvalue weighted by Gasteiger charge is 2.67. The summed E-state index contributed by atoms with van der Waals surface area (Å²) >= 11 is 0. The monoisotopic (exact) mass is 416 g/mol. The zero-order valence-corrected chi connectivity index (χ0v) is 17.9. The van der Waals surface area contributed by atoms with Crippen LogP contribution in [0, 0.1) is 28.6 Å². The molecular weight excluding hydrogens is 387 g/mol. The number of fused-ring (bicyclic) bond motifs is 5. The van der Waals surface area contributed by atoms with Crippen molar-refractivity contribution >= 4 is 17.5 Å². The fourth-order valence-electron chi connectivity index (χ4n) is 6.75. The molecule has 6 heteroatoms. The third-order valence-corrected chi connectivity index (χ3v) is 8.35. The van der Waals surface area contributed by atoms with E-state index in [1.54, 1.807) is 6.08 Å². The number of Topliss-reactive ketones (excluding diaryl/α,β-unsaturated/α-hetero) is 1. The van der Waals surface area contributed by atoms with E-state index < -0.39 is 41.0 Å². The van der Waals surface area contributed by atoms with Crippen molar-refractivity contribution in [3.63, 3.8) is 0 Å². The van der Waals surface area contributed by atoms with Crippen molar-refractivity contribution in [2.45, 2.75) is 58.7 Å². The van der Waals surface area contributed by atoms with Gasteiger partial charge in [0, 0.05) is 17.8 Å². The van der Waals surface area contributed by atoms with Crippen molar-refractivity contribution in [1.82, 2.24) is 0 Å². The van der Waals surface area contributed by atoms with Gasteiger partial charge < -0.3 is 9.84 Å². The highest BCUT2D eigenvalue weighted by molar-refractivity contribution is 6.01. The molecule has 0 radical (unpaired) electrons. The van der Waals surface area contributed by atoms with Gasteiger partial charge in [-0.15, -0.1) is 0 Å². The first-order valence-corrected chi connectivity index (χ1v) is 10.6. The molecule has 4 aliphatic rings. The Morgan fingerprint density at radius 3 is 2.63 bits per heavy atom. The average Bonchev–Trinajstić information content (AvgIpc) is 2.89. The molecule has 0 saturated heterocycles. The molecule has 0 aromatic heterocycles. The third-order valence-electron chi connectivity index (χ3n) is 8.35. The molecule has 4 rings (SSSR count). The van der Waals surface area contributed by atoms with E-state index in [9.17, 15) is 19.5 Å². The van der Waals surface area contributed by atoms with Gasteiger partial charge in [0.2, 0.25) is 5.78 Å². The van der Waals surface area contributed by atoms with Crippen LogP contribution in [-0.4, -0.2) is 41.0 Å². The van der Waals surface area contributed by atoms with Gasteiger partial charge in [-0.05, 0) is 61.7 Å². The van der Waals surface area contributed by atoms with Gasteiger partial charge in [0.05, 0.1) is 0 Å². The molecule has 5 nitrogen and oxygen atoms in total. The number of rotatable bonds is 3. The second-order valence-electron chi connectivity index (χ2n) is 9.84. The van der Waals surface area contributed by atoms with Crippen molar-refractivity contribution in [2.75, 3.05) is 6.61 Å². The van der Waals surface area contributed by atoms with Crippen molar-refractivity contribution in [3.8, 4) is 0 Å². The lowest BCUT2D eigenvalue weighted by Gasteiger charge is -2.54. The van der Waals surface area contributed by atoms with Gasteiger partial charge in [0.15, 0.2) is 12.4 Å². The Kier molecular flexibility index (Phi) is 4.73. The number of aliphatic hydroxyl groups is 1. The van der Waals surface area contributed by atoms with Gasteiger partial charge in [-0.3, -0.25) is 14.4 Å². The predicted molar refractivity (Wildman–Crippen MR) is 108 cm³/mol. The van der Waals surface area contributed by atoms with E-state index in [4.69, 9.17) is 4.74 Å². The molecule has 30 heavy (non-hydrogen) atoms. The first-order chi connectivity index (χ1) is 13.9. The number of carbonyl (C=O) groups is 3. The maximum Gasteiger partial charge on any atom is 0.303 e. The molecule has 0 aromatic carbocycles. The minimum Gasteiger partial charge on any atom is -0.458 e. The first kappa shape index (κ1) is 21.2. The number of allylic oxidation sites excluding steroid dienone is 6. The first-order valence-electron chi connectivity index (χ1n) is 10.6. The van der Waals surface area contributed by atoms with Crippen LogP contribution in [0.15, 0.2) is 35.5 Å². The summed E-state index contributed by atoms with van der Waals surface area (Å²) in [6.07, 6.45) is 6.83. The Labute approximate surface area is 176 Å². The standard InChI is InChI=1S/C24H29FO5/c1-13-9-18-16-11-20(25)19-10-15(27)5-7-22(19,3)17(16)6-8-23(18,4)24(13,29)21(28)12-30-14(2)26/h5-7,10,13,16,18,20,29H,8-9,11-12H2,1-4H3/t13-,16-,18-,20+,22+,23+,24+/m1/s1. The minimum atomic E-state index is -1.64. The molecule has 0 unspecified atom stereocenters. The zero-order chi connectivity index (χ0) is 22.1. The molecule has 0 bridgehead atoms. The summed E-state index contributed by atoms with van der Waals surface area (Å²) in [5, 5.41) is 11.6. The van der Waals surface area contributed by atoms with Crippen molar-refractivity contribution in [2.24, 2.45) is 28.6 Å². The Morgan fingerprint density at radius 1 is 1.27 bits per heavy atom. The van der Waals surface area contributed by atoms with E-state index in [1.807, 2.05) is 26.8 Å². The van der Waals surface area contributed by atoms with Crippen LogP contribution >= 0.6 is 0 Å². The molecule has 1 N–H and O–H groups in total. The van der Waals surface area contributed by atoms with Crippen LogP contribution in [-0.2, 0) is 19.1 Å². The summed E-state index contributed by atoms with van der Waals surface area (Å²) in [5.74, 6) is -1.80. The molecule has 0 aliphatic heterocycles.